The fraction of sp³-hybridized carbons (Fsp3) is 0.308. The van der Waals surface area contributed by atoms with Gasteiger partial charge in [0.15, 0.2) is 0 Å². The largest absolute Gasteiger partial charge is 0.348 e. The molecule has 0 radical (unpaired) electrons. The average molecular weight is 256 g/mol. The highest BCUT2D eigenvalue weighted by Gasteiger charge is 2.11. The Balaban J connectivity index is 2.71. The van der Waals surface area contributed by atoms with E-state index in [0.717, 1.165) is 0 Å². The lowest BCUT2D eigenvalue weighted by Crippen LogP contribution is -2.39. The molecule has 17 heavy (non-hydrogen) atoms. The molecule has 0 saturated carbocycles. The Morgan fingerprint density at radius 1 is 1.41 bits per heavy atom. The third-order valence-electron chi connectivity index (χ3n) is 1.87. The molecule has 0 heterocycles. The third-order valence-corrected chi connectivity index (χ3v) is 2.16. The Kier molecular flexibility index (Phi) is 4.29. The second kappa shape index (κ2) is 5.32. The molecular formula is C13H15ClFNO. The van der Waals surface area contributed by atoms with Gasteiger partial charge in [0.1, 0.15) is 5.82 Å². The number of halogens is 2. The van der Waals surface area contributed by atoms with Gasteiger partial charge >= 0.3 is 0 Å². The van der Waals surface area contributed by atoms with Crippen molar-refractivity contribution in [2.45, 2.75) is 26.3 Å². The number of hydrogen-bond donors (Lipinski definition) is 1. The van der Waals surface area contributed by atoms with Crippen molar-refractivity contribution in [3.63, 3.8) is 0 Å². The van der Waals surface area contributed by atoms with Crippen molar-refractivity contribution in [3.05, 3.63) is 40.7 Å². The molecule has 0 aliphatic carbocycles. The van der Waals surface area contributed by atoms with Crippen LogP contribution in [0.3, 0.4) is 0 Å². The van der Waals surface area contributed by atoms with Crippen molar-refractivity contribution in [2.75, 3.05) is 0 Å². The van der Waals surface area contributed by atoms with Gasteiger partial charge in [-0.1, -0.05) is 17.7 Å². The van der Waals surface area contributed by atoms with Crippen LogP contribution in [0.25, 0.3) is 6.08 Å². The van der Waals surface area contributed by atoms with Crippen LogP contribution in [0.15, 0.2) is 24.3 Å². The van der Waals surface area contributed by atoms with Gasteiger partial charge in [0.25, 0.3) is 0 Å². The zero-order chi connectivity index (χ0) is 13.1. The molecule has 0 fully saturated rings. The molecule has 4 heteroatoms. The van der Waals surface area contributed by atoms with Gasteiger partial charge in [-0.3, -0.25) is 4.79 Å². The van der Waals surface area contributed by atoms with Crippen LogP contribution in [0.5, 0.6) is 0 Å². The van der Waals surface area contributed by atoms with Gasteiger partial charge in [-0.15, -0.1) is 0 Å². The molecule has 0 aromatic heterocycles. The molecule has 0 saturated heterocycles. The summed E-state index contributed by atoms with van der Waals surface area (Å²) in [6.45, 7) is 5.69. The monoisotopic (exact) mass is 255 g/mol. The van der Waals surface area contributed by atoms with Gasteiger partial charge < -0.3 is 5.32 Å². The first kappa shape index (κ1) is 13.7. The lowest BCUT2D eigenvalue weighted by atomic mass is 10.1. The van der Waals surface area contributed by atoms with Gasteiger partial charge in [-0.2, -0.15) is 0 Å². The van der Waals surface area contributed by atoms with E-state index in [1.807, 2.05) is 20.8 Å². The maximum Gasteiger partial charge on any atom is 0.244 e. The van der Waals surface area contributed by atoms with Crippen LogP contribution >= 0.6 is 11.6 Å². The molecule has 1 N–H and O–H groups in total. The molecule has 1 aromatic rings. The van der Waals surface area contributed by atoms with E-state index in [-0.39, 0.29) is 16.5 Å². The standard InChI is InChI=1S/C13H15ClFNO/c1-13(2,3)16-12(17)7-5-9-4-6-11(15)10(14)8-9/h4-8H,1-3H3,(H,16,17)/b7-5-. The van der Waals surface area contributed by atoms with Gasteiger partial charge in [-0.25, -0.2) is 4.39 Å². The molecule has 0 spiro atoms. The number of nitrogens with one attached hydrogen (secondary N) is 1. The van der Waals surface area contributed by atoms with Crippen molar-refractivity contribution in [2.24, 2.45) is 0 Å². The summed E-state index contributed by atoms with van der Waals surface area (Å²) in [6, 6.07) is 4.30. The first-order valence-electron chi connectivity index (χ1n) is 5.23. The summed E-state index contributed by atoms with van der Waals surface area (Å²) in [5.41, 5.74) is 0.405. The molecule has 0 unspecified atom stereocenters. The highest BCUT2D eigenvalue weighted by atomic mass is 35.5. The number of amides is 1. The summed E-state index contributed by atoms with van der Waals surface area (Å²) in [7, 11) is 0. The number of benzene rings is 1. The average Bonchev–Trinajstić information content (AvgIpc) is 2.17. The van der Waals surface area contributed by atoms with Crippen molar-refractivity contribution in [1.82, 2.24) is 5.32 Å². The predicted octanol–water partition coefficient (Wildman–Crippen LogP) is 3.41. The van der Waals surface area contributed by atoms with Crippen molar-refractivity contribution in [1.29, 1.82) is 0 Å². The van der Waals surface area contributed by atoms with E-state index in [2.05, 4.69) is 5.32 Å². The van der Waals surface area contributed by atoms with E-state index in [1.54, 1.807) is 12.1 Å². The summed E-state index contributed by atoms with van der Waals surface area (Å²) < 4.78 is 12.9. The van der Waals surface area contributed by atoms with Gasteiger partial charge in [0, 0.05) is 11.6 Å². The van der Waals surface area contributed by atoms with Crippen LogP contribution in [0.1, 0.15) is 26.3 Å². The molecule has 0 bridgehead atoms. The molecule has 1 aromatic carbocycles. The summed E-state index contributed by atoms with van der Waals surface area (Å²) in [5.74, 6) is -0.666. The minimum atomic E-state index is -0.469. The van der Waals surface area contributed by atoms with Crippen molar-refractivity contribution >= 4 is 23.6 Å². The smallest absolute Gasteiger partial charge is 0.244 e. The Labute approximate surface area is 105 Å². The molecule has 92 valence electrons. The van der Waals surface area contributed by atoms with Gasteiger partial charge in [0.2, 0.25) is 5.91 Å². The third kappa shape index (κ3) is 5.00. The zero-order valence-electron chi connectivity index (χ0n) is 10.1. The maximum absolute atomic E-state index is 12.9. The van der Waals surface area contributed by atoms with Crippen LogP contribution in [-0.4, -0.2) is 11.4 Å². The Bertz CT molecular complexity index is 449. The molecule has 1 amide bonds. The van der Waals surface area contributed by atoms with E-state index in [9.17, 15) is 9.18 Å². The zero-order valence-corrected chi connectivity index (χ0v) is 10.8. The van der Waals surface area contributed by atoms with Crippen molar-refractivity contribution in [3.8, 4) is 0 Å². The molecule has 0 atom stereocenters. The fourth-order valence-corrected chi connectivity index (χ4v) is 1.39. The molecular weight excluding hydrogens is 241 g/mol. The normalized spacial score (nSPS) is 11.8. The first-order chi connectivity index (χ1) is 7.78. The summed E-state index contributed by atoms with van der Waals surface area (Å²) in [6.07, 6.45) is 2.99. The number of hydrogen-bond acceptors (Lipinski definition) is 1. The lowest BCUT2D eigenvalue weighted by Gasteiger charge is -2.18. The SMILES string of the molecule is CC(C)(C)NC(=O)/C=C\c1ccc(F)c(Cl)c1. The minimum absolute atomic E-state index is 0.0448. The van der Waals surface area contributed by atoms with E-state index < -0.39 is 5.82 Å². The van der Waals surface area contributed by atoms with Crippen LogP contribution in [0.4, 0.5) is 4.39 Å². The molecule has 2 nitrogen and oxygen atoms in total. The number of carbonyl (C=O) groups excluding carboxylic acids is 1. The van der Waals surface area contributed by atoms with Crippen LogP contribution in [0.2, 0.25) is 5.02 Å². The molecule has 0 aliphatic heterocycles. The number of carbonyl (C=O) groups is 1. The van der Waals surface area contributed by atoms with E-state index in [4.69, 9.17) is 11.6 Å². The van der Waals surface area contributed by atoms with E-state index >= 15 is 0 Å². The Morgan fingerprint density at radius 3 is 2.59 bits per heavy atom. The highest BCUT2D eigenvalue weighted by Crippen LogP contribution is 2.16. The Hall–Kier alpha value is -1.35. The second-order valence-electron chi connectivity index (χ2n) is 4.75. The quantitative estimate of drug-likeness (QED) is 0.807. The Morgan fingerprint density at radius 2 is 2.06 bits per heavy atom. The van der Waals surface area contributed by atoms with E-state index in [1.165, 1.54) is 18.2 Å². The molecule has 1 rings (SSSR count). The summed E-state index contributed by atoms with van der Waals surface area (Å²) in [5, 5.41) is 2.83. The van der Waals surface area contributed by atoms with Crippen LogP contribution < -0.4 is 5.32 Å². The predicted molar refractivity (Wildman–Crippen MR) is 68.3 cm³/mol. The van der Waals surface area contributed by atoms with Crippen molar-refractivity contribution < 1.29 is 9.18 Å². The van der Waals surface area contributed by atoms with Gasteiger partial charge in [-0.05, 0) is 44.5 Å². The summed E-state index contributed by atoms with van der Waals surface area (Å²) >= 11 is 5.63. The van der Waals surface area contributed by atoms with E-state index in [0.29, 0.717) is 5.56 Å². The topological polar surface area (TPSA) is 29.1 Å². The number of rotatable bonds is 2. The summed E-state index contributed by atoms with van der Waals surface area (Å²) in [4.78, 5) is 11.5. The maximum atomic E-state index is 12.9. The van der Waals surface area contributed by atoms with Crippen LogP contribution in [0, 0.1) is 5.82 Å². The first-order valence-corrected chi connectivity index (χ1v) is 5.61. The van der Waals surface area contributed by atoms with Crippen LogP contribution in [-0.2, 0) is 4.79 Å². The second-order valence-corrected chi connectivity index (χ2v) is 5.15. The lowest BCUT2D eigenvalue weighted by molar-refractivity contribution is -0.117. The molecule has 0 aliphatic rings. The fourth-order valence-electron chi connectivity index (χ4n) is 1.20. The van der Waals surface area contributed by atoms with Gasteiger partial charge in [0.05, 0.1) is 5.02 Å². The highest BCUT2D eigenvalue weighted by molar-refractivity contribution is 6.30. The minimum Gasteiger partial charge on any atom is -0.348 e.